The molecule has 104 valence electrons. The molecule has 2 atom stereocenters. The van der Waals surface area contributed by atoms with Crippen LogP contribution in [-0.2, 0) is 0 Å². The van der Waals surface area contributed by atoms with E-state index < -0.39 is 0 Å². The summed E-state index contributed by atoms with van der Waals surface area (Å²) in [5.74, 6) is 0.850. The molecule has 0 bridgehead atoms. The Morgan fingerprint density at radius 2 is 1.47 bits per heavy atom. The van der Waals surface area contributed by atoms with Crippen molar-refractivity contribution < 1.29 is 0 Å². The average molecular weight is 241 g/mol. The molecule has 0 aliphatic carbocycles. The molecule has 0 fully saturated rings. The zero-order valence-corrected chi connectivity index (χ0v) is 12.7. The van der Waals surface area contributed by atoms with E-state index in [0.717, 1.165) is 12.0 Å². The van der Waals surface area contributed by atoms with Crippen molar-refractivity contribution in [3.05, 3.63) is 0 Å². The molecule has 0 rings (SSSR count). The van der Waals surface area contributed by atoms with Crippen molar-refractivity contribution in [3.63, 3.8) is 0 Å². The minimum atomic E-state index is 0.762. The second-order valence-electron chi connectivity index (χ2n) is 5.53. The first-order valence-corrected chi connectivity index (χ1v) is 7.99. The normalized spacial score (nSPS) is 14.8. The van der Waals surface area contributed by atoms with Gasteiger partial charge in [-0.1, -0.05) is 66.2 Å². The van der Waals surface area contributed by atoms with E-state index in [1.54, 1.807) is 0 Å². The van der Waals surface area contributed by atoms with Gasteiger partial charge in [0.2, 0.25) is 0 Å². The highest BCUT2D eigenvalue weighted by atomic mass is 14.9. The van der Waals surface area contributed by atoms with Crippen molar-refractivity contribution in [3.8, 4) is 0 Å². The molecule has 0 aromatic heterocycles. The van der Waals surface area contributed by atoms with Crippen LogP contribution in [0.15, 0.2) is 0 Å². The minimum absolute atomic E-state index is 0.762. The molecular weight excluding hydrogens is 206 g/mol. The summed E-state index contributed by atoms with van der Waals surface area (Å²) in [5, 5.41) is 3.75. The van der Waals surface area contributed by atoms with Gasteiger partial charge >= 0.3 is 0 Å². The van der Waals surface area contributed by atoms with Crippen LogP contribution in [0, 0.1) is 5.92 Å². The van der Waals surface area contributed by atoms with E-state index in [1.165, 1.54) is 64.3 Å². The van der Waals surface area contributed by atoms with Crippen molar-refractivity contribution >= 4 is 0 Å². The van der Waals surface area contributed by atoms with Crippen LogP contribution in [0.3, 0.4) is 0 Å². The summed E-state index contributed by atoms with van der Waals surface area (Å²) in [7, 11) is 0. The van der Waals surface area contributed by atoms with Crippen LogP contribution in [0.2, 0.25) is 0 Å². The van der Waals surface area contributed by atoms with E-state index >= 15 is 0 Å². The van der Waals surface area contributed by atoms with Gasteiger partial charge in [0.25, 0.3) is 0 Å². The van der Waals surface area contributed by atoms with E-state index in [1.807, 2.05) is 0 Å². The van der Waals surface area contributed by atoms with Crippen LogP contribution >= 0.6 is 0 Å². The lowest BCUT2D eigenvalue weighted by Gasteiger charge is -2.25. The Balaban J connectivity index is 3.84. The molecule has 0 aliphatic rings. The molecule has 1 heteroatoms. The predicted molar refractivity (Wildman–Crippen MR) is 79.5 cm³/mol. The van der Waals surface area contributed by atoms with Crippen LogP contribution in [0.25, 0.3) is 0 Å². The third kappa shape index (κ3) is 9.64. The van der Waals surface area contributed by atoms with Crippen molar-refractivity contribution in [2.24, 2.45) is 5.92 Å². The van der Waals surface area contributed by atoms with E-state index in [9.17, 15) is 0 Å². The van der Waals surface area contributed by atoms with Crippen LogP contribution in [-0.4, -0.2) is 12.6 Å². The van der Waals surface area contributed by atoms with Crippen LogP contribution in [0.5, 0.6) is 0 Å². The van der Waals surface area contributed by atoms with E-state index in [0.29, 0.717) is 0 Å². The zero-order chi connectivity index (χ0) is 12.9. The lowest BCUT2D eigenvalue weighted by molar-refractivity contribution is 0.324. The van der Waals surface area contributed by atoms with Crippen molar-refractivity contribution in [2.45, 2.75) is 91.5 Å². The van der Waals surface area contributed by atoms with Gasteiger partial charge in [-0.05, 0) is 31.7 Å². The van der Waals surface area contributed by atoms with Crippen molar-refractivity contribution in [2.75, 3.05) is 6.54 Å². The predicted octanol–water partition coefficient (Wildman–Crippen LogP) is 5.15. The van der Waals surface area contributed by atoms with Crippen LogP contribution in [0.4, 0.5) is 0 Å². The number of hydrogen-bond donors (Lipinski definition) is 1. The Hall–Kier alpha value is -0.0400. The molecule has 0 aromatic carbocycles. The fourth-order valence-electron chi connectivity index (χ4n) is 2.44. The Labute approximate surface area is 110 Å². The molecule has 0 radical (unpaired) electrons. The molecule has 0 aromatic rings. The van der Waals surface area contributed by atoms with Gasteiger partial charge in [0, 0.05) is 6.04 Å². The summed E-state index contributed by atoms with van der Waals surface area (Å²) in [5.41, 5.74) is 0. The maximum atomic E-state index is 3.75. The summed E-state index contributed by atoms with van der Waals surface area (Å²) in [6.45, 7) is 10.5. The lowest BCUT2D eigenvalue weighted by atomic mass is 9.91. The maximum Gasteiger partial charge on any atom is 0.00926 e. The lowest BCUT2D eigenvalue weighted by Crippen LogP contribution is -2.35. The number of nitrogens with one attached hydrogen (secondary N) is 1. The molecule has 0 saturated carbocycles. The van der Waals surface area contributed by atoms with Crippen LogP contribution in [0.1, 0.15) is 85.5 Å². The van der Waals surface area contributed by atoms with E-state index in [2.05, 4.69) is 33.0 Å². The SMILES string of the molecule is CCCCCCC(NCCC)C(C)CCCC. The fourth-order valence-corrected chi connectivity index (χ4v) is 2.44. The summed E-state index contributed by atoms with van der Waals surface area (Å²) >= 11 is 0. The fraction of sp³-hybridized carbons (Fsp3) is 1.00. The number of rotatable bonds is 12. The average Bonchev–Trinajstić information content (AvgIpc) is 2.35. The van der Waals surface area contributed by atoms with Gasteiger partial charge in [-0.2, -0.15) is 0 Å². The van der Waals surface area contributed by atoms with Crippen molar-refractivity contribution in [1.82, 2.24) is 5.32 Å². The largest absolute Gasteiger partial charge is 0.314 e. The highest BCUT2D eigenvalue weighted by molar-refractivity contribution is 4.73. The molecule has 1 nitrogen and oxygen atoms in total. The zero-order valence-electron chi connectivity index (χ0n) is 12.7. The third-order valence-electron chi connectivity index (χ3n) is 3.73. The first-order chi connectivity index (χ1) is 8.26. The van der Waals surface area contributed by atoms with E-state index in [-0.39, 0.29) is 0 Å². The second-order valence-corrected chi connectivity index (χ2v) is 5.53. The Morgan fingerprint density at radius 1 is 0.765 bits per heavy atom. The summed E-state index contributed by atoms with van der Waals surface area (Å²) in [4.78, 5) is 0. The molecule has 1 N–H and O–H groups in total. The highest BCUT2D eigenvalue weighted by Crippen LogP contribution is 2.18. The topological polar surface area (TPSA) is 12.0 Å². The Bertz CT molecular complexity index is 144. The second kappa shape index (κ2) is 12.4. The molecule has 0 saturated heterocycles. The molecule has 17 heavy (non-hydrogen) atoms. The van der Waals surface area contributed by atoms with E-state index in [4.69, 9.17) is 0 Å². The first kappa shape index (κ1) is 17.0. The van der Waals surface area contributed by atoms with Crippen molar-refractivity contribution in [1.29, 1.82) is 0 Å². The summed E-state index contributed by atoms with van der Waals surface area (Å²) in [6.07, 6.45) is 12.3. The monoisotopic (exact) mass is 241 g/mol. The van der Waals surface area contributed by atoms with Gasteiger partial charge in [-0.25, -0.2) is 0 Å². The van der Waals surface area contributed by atoms with Gasteiger partial charge < -0.3 is 5.32 Å². The molecule has 0 amide bonds. The van der Waals surface area contributed by atoms with Crippen LogP contribution < -0.4 is 5.32 Å². The molecule has 2 unspecified atom stereocenters. The first-order valence-electron chi connectivity index (χ1n) is 7.99. The quantitative estimate of drug-likeness (QED) is 0.466. The van der Waals surface area contributed by atoms with Gasteiger partial charge in [-0.3, -0.25) is 0 Å². The van der Waals surface area contributed by atoms with Gasteiger partial charge in [-0.15, -0.1) is 0 Å². The van der Waals surface area contributed by atoms with Gasteiger partial charge in [0.05, 0.1) is 0 Å². The molecule has 0 aliphatic heterocycles. The number of unbranched alkanes of at least 4 members (excludes halogenated alkanes) is 4. The Kier molecular flexibility index (Phi) is 12.4. The summed E-state index contributed by atoms with van der Waals surface area (Å²) in [6, 6.07) is 0.762. The summed E-state index contributed by atoms with van der Waals surface area (Å²) < 4.78 is 0. The minimum Gasteiger partial charge on any atom is -0.314 e. The van der Waals surface area contributed by atoms with Gasteiger partial charge in [0.1, 0.15) is 0 Å². The highest BCUT2D eigenvalue weighted by Gasteiger charge is 2.15. The third-order valence-corrected chi connectivity index (χ3v) is 3.73. The standard InChI is InChI=1S/C16H35N/c1-5-8-10-11-13-16(17-14-7-3)15(4)12-9-6-2/h15-17H,5-14H2,1-4H3. The Morgan fingerprint density at radius 3 is 2.06 bits per heavy atom. The van der Waals surface area contributed by atoms with Gasteiger partial charge in [0.15, 0.2) is 0 Å². The molecular formula is C16H35N. The molecule has 0 heterocycles. The maximum absolute atomic E-state index is 3.75. The number of hydrogen-bond acceptors (Lipinski definition) is 1. The molecule has 0 spiro atoms. The smallest absolute Gasteiger partial charge is 0.00926 e.